The van der Waals surface area contributed by atoms with Crippen molar-refractivity contribution in [3.05, 3.63) is 78.1 Å². The molecule has 0 saturated carbocycles. The lowest BCUT2D eigenvalue weighted by Crippen LogP contribution is -1.98. The number of nitrogens with one attached hydrogen (secondary N) is 2. The third-order valence-electron chi connectivity index (χ3n) is 4.17. The zero-order chi connectivity index (χ0) is 18.6. The molecule has 2 aromatic heterocycles. The number of imidazole rings is 1. The second-order valence-electron chi connectivity index (χ2n) is 6.20. The SMILES string of the molecule is COc1cc(Nc2n[nH]c(Cc3ccccc3)n2)ccc1-n1cnc(C)c1. The smallest absolute Gasteiger partial charge is 0.246 e. The van der Waals surface area contributed by atoms with Crippen LogP contribution in [0.2, 0.25) is 0 Å². The Hall–Kier alpha value is -3.61. The maximum atomic E-state index is 5.53. The first-order valence-corrected chi connectivity index (χ1v) is 8.62. The molecule has 2 N–H and O–H groups in total. The van der Waals surface area contributed by atoms with Crippen molar-refractivity contribution in [3.8, 4) is 11.4 Å². The van der Waals surface area contributed by atoms with Crippen LogP contribution in [0.25, 0.3) is 5.69 Å². The van der Waals surface area contributed by atoms with E-state index in [1.165, 1.54) is 5.56 Å². The molecule has 7 heteroatoms. The Labute approximate surface area is 157 Å². The highest BCUT2D eigenvalue weighted by Crippen LogP contribution is 2.28. The Morgan fingerprint density at radius 2 is 2.00 bits per heavy atom. The number of H-pyrrole nitrogens is 1. The second kappa shape index (κ2) is 7.33. The molecule has 0 radical (unpaired) electrons. The molecular weight excluding hydrogens is 340 g/mol. The topological polar surface area (TPSA) is 80.6 Å². The van der Waals surface area contributed by atoms with E-state index < -0.39 is 0 Å². The molecule has 4 rings (SSSR count). The second-order valence-corrected chi connectivity index (χ2v) is 6.20. The molecule has 0 amide bonds. The maximum absolute atomic E-state index is 5.53. The molecule has 0 aliphatic heterocycles. The van der Waals surface area contributed by atoms with Gasteiger partial charge in [-0.25, -0.2) is 4.98 Å². The van der Waals surface area contributed by atoms with Crippen molar-refractivity contribution in [2.24, 2.45) is 0 Å². The van der Waals surface area contributed by atoms with Crippen LogP contribution in [0, 0.1) is 6.92 Å². The van der Waals surface area contributed by atoms with Gasteiger partial charge < -0.3 is 14.6 Å². The first-order valence-electron chi connectivity index (χ1n) is 8.62. The molecule has 0 bridgehead atoms. The van der Waals surface area contributed by atoms with Crippen LogP contribution in [0.3, 0.4) is 0 Å². The van der Waals surface area contributed by atoms with Gasteiger partial charge in [-0.1, -0.05) is 30.3 Å². The fourth-order valence-electron chi connectivity index (χ4n) is 2.87. The lowest BCUT2D eigenvalue weighted by atomic mass is 10.1. The molecule has 0 unspecified atom stereocenters. The molecule has 4 aromatic rings. The summed E-state index contributed by atoms with van der Waals surface area (Å²) in [6.45, 7) is 1.95. The molecule has 0 spiro atoms. The minimum absolute atomic E-state index is 0.522. The van der Waals surface area contributed by atoms with Crippen molar-refractivity contribution in [3.63, 3.8) is 0 Å². The first-order chi connectivity index (χ1) is 13.2. The number of anilines is 2. The van der Waals surface area contributed by atoms with Crippen LogP contribution in [0.1, 0.15) is 17.1 Å². The zero-order valence-corrected chi connectivity index (χ0v) is 15.2. The van der Waals surface area contributed by atoms with Crippen molar-refractivity contribution in [1.82, 2.24) is 24.7 Å². The van der Waals surface area contributed by atoms with Gasteiger partial charge >= 0.3 is 0 Å². The quantitative estimate of drug-likeness (QED) is 0.549. The van der Waals surface area contributed by atoms with Crippen LogP contribution in [0.15, 0.2) is 61.1 Å². The third kappa shape index (κ3) is 3.82. The van der Waals surface area contributed by atoms with Crippen molar-refractivity contribution in [1.29, 1.82) is 0 Å². The number of aryl methyl sites for hydroxylation is 1. The number of aromatic nitrogens is 5. The summed E-state index contributed by atoms with van der Waals surface area (Å²) in [5.41, 5.74) is 3.90. The average molecular weight is 360 g/mol. The Balaban J connectivity index is 1.51. The van der Waals surface area contributed by atoms with Crippen molar-refractivity contribution in [2.45, 2.75) is 13.3 Å². The lowest BCUT2D eigenvalue weighted by Gasteiger charge is -2.11. The molecule has 0 aliphatic rings. The number of ether oxygens (including phenoxy) is 1. The van der Waals surface area contributed by atoms with Gasteiger partial charge in [-0.05, 0) is 24.6 Å². The molecule has 136 valence electrons. The van der Waals surface area contributed by atoms with Gasteiger partial charge in [-0.15, -0.1) is 5.10 Å². The standard InChI is InChI=1S/C20H20N6O/c1-14-12-26(13-21-14)17-9-8-16(11-18(17)27-2)22-20-23-19(24-25-20)10-15-6-4-3-5-7-15/h3-9,11-13H,10H2,1-2H3,(H2,22,23,24,25). The number of rotatable bonds is 6. The summed E-state index contributed by atoms with van der Waals surface area (Å²) in [5.74, 6) is 2.06. The fourth-order valence-corrected chi connectivity index (χ4v) is 2.87. The highest BCUT2D eigenvalue weighted by Gasteiger charge is 2.09. The van der Waals surface area contributed by atoms with Gasteiger partial charge in [-0.2, -0.15) is 4.98 Å². The average Bonchev–Trinajstić information content (AvgIpc) is 3.31. The molecule has 0 aliphatic carbocycles. The van der Waals surface area contributed by atoms with E-state index in [2.05, 4.69) is 37.6 Å². The van der Waals surface area contributed by atoms with Gasteiger partial charge in [0.1, 0.15) is 11.6 Å². The summed E-state index contributed by atoms with van der Waals surface area (Å²) in [7, 11) is 1.65. The van der Waals surface area contributed by atoms with Crippen molar-refractivity contribution in [2.75, 3.05) is 12.4 Å². The number of benzene rings is 2. The largest absolute Gasteiger partial charge is 0.494 e. The van der Waals surface area contributed by atoms with Crippen LogP contribution in [-0.4, -0.2) is 31.8 Å². The van der Waals surface area contributed by atoms with Crippen molar-refractivity contribution >= 4 is 11.6 Å². The predicted octanol–water partition coefficient (Wildman–Crippen LogP) is 3.64. The van der Waals surface area contributed by atoms with E-state index in [1.807, 2.05) is 54.1 Å². The van der Waals surface area contributed by atoms with Gasteiger partial charge in [0.2, 0.25) is 5.95 Å². The summed E-state index contributed by atoms with van der Waals surface area (Å²) in [6, 6.07) is 16.0. The predicted molar refractivity (Wildman–Crippen MR) is 104 cm³/mol. The van der Waals surface area contributed by atoms with Gasteiger partial charge in [0.15, 0.2) is 0 Å². The highest BCUT2D eigenvalue weighted by atomic mass is 16.5. The lowest BCUT2D eigenvalue weighted by molar-refractivity contribution is 0.413. The Kier molecular flexibility index (Phi) is 4.57. The Morgan fingerprint density at radius 3 is 2.74 bits per heavy atom. The Morgan fingerprint density at radius 1 is 1.15 bits per heavy atom. The molecule has 0 atom stereocenters. The van der Waals surface area contributed by atoms with E-state index in [-0.39, 0.29) is 0 Å². The molecule has 7 nitrogen and oxygen atoms in total. The van der Waals surface area contributed by atoms with E-state index in [9.17, 15) is 0 Å². The van der Waals surface area contributed by atoms with Gasteiger partial charge in [0.25, 0.3) is 0 Å². The third-order valence-corrected chi connectivity index (χ3v) is 4.17. The van der Waals surface area contributed by atoms with Crippen LogP contribution in [0.5, 0.6) is 5.75 Å². The van der Waals surface area contributed by atoms with Crippen LogP contribution in [-0.2, 0) is 6.42 Å². The van der Waals surface area contributed by atoms with Crippen LogP contribution >= 0.6 is 0 Å². The summed E-state index contributed by atoms with van der Waals surface area (Å²) in [4.78, 5) is 8.77. The normalized spacial score (nSPS) is 10.7. The number of hydrogen-bond donors (Lipinski definition) is 2. The van der Waals surface area contributed by atoms with Gasteiger partial charge in [0.05, 0.1) is 24.8 Å². The summed E-state index contributed by atoms with van der Waals surface area (Å²) < 4.78 is 7.47. The zero-order valence-electron chi connectivity index (χ0n) is 15.2. The molecular formula is C20H20N6O. The summed E-state index contributed by atoms with van der Waals surface area (Å²) in [5, 5.41) is 10.4. The van der Waals surface area contributed by atoms with Crippen LogP contribution in [0.4, 0.5) is 11.6 Å². The first kappa shape index (κ1) is 16.8. The molecule has 0 saturated heterocycles. The van der Waals surface area contributed by atoms with Gasteiger partial charge in [0, 0.05) is 24.4 Å². The van der Waals surface area contributed by atoms with E-state index in [0.717, 1.165) is 28.6 Å². The fraction of sp³-hybridized carbons (Fsp3) is 0.150. The molecule has 0 fully saturated rings. The van der Waals surface area contributed by atoms with E-state index >= 15 is 0 Å². The maximum Gasteiger partial charge on any atom is 0.246 e. The highest BCUT2D eigenvalue weighted by molar-refractivity contribution is 5.61. The molecule has 2 heterocycles. The molecule has 27 heavy (non-hydrogen) atoms. The van der Waals surface area contributed by atoms with E-state index in [0.29, 0.717) is 12.4 Å². The van der Waals surface area contributed by atoms with E-state index in [1.54, 1.807) is 13.4 Å². The van der Waals surface area contributed by atoms with Crippen LogP contribution < -0.4 is 10.1 Å². The minimum Gasteiger partial charge on any atom is -0.494 e. The number of aromatic amines is 1. The number of hydrogen-bond acceptors (Lipinski definition) is 5. The van der Waals surface area contributed by atoms with Crippen molar-refractivity contribution < 1.29 is 4.74 Å². The Bertz CT molecular complexity index is 1040. The minimum atomic E-state index is 0.522. The summed E-state index contributed by atoms with van der Waals surface area (Å²) >= 11 is 0. The molecule has 2 aromatic carbocycles. The van der Waals surface area contributed by atoms with E-state index in [4.69, 9.17) is 4.74 Å². The monoisotopic (exact) mass is 360 g/mol. The summed E-state index contributed by atoms with van der Waals surface area (Å²) in [6.07, 6.45) is 4.43. The number of methoxy groups -OCH3 is 1. The number of nitrogens with zero attached hydrogens (tertiary/aromatic N) is 4. The van der Waals surface area contributed by atoms with Gasteiger partial charge in [-0.3, -0.25) is 5.10 Å².